The van der Waals surface area contributed by atoms with Crippen LogP contribution in [0.5, 0.6) is 0 Å². The third-order valence-corrected chi connectivity index (χ3v) is 12.3. The van der Waals surface area contributed by atoms with E-state index < -0.39 is 0 Å². The molecule has 1 saturated carbocycles. The molecule has 3 aliphatic heterocycles. The van der Waals surface area contributed by atoms with E-state index in [9.17, 15) is 0 Å². The van der Waals surface area contributed by atoms with E-state index in [2.05, 4.69) is 117 Å². The molecule has 5 aliphatic rings. The van der Waals surface area contributed by atoms with Crippen LogP contribution in [0, 0.1) is 6.92 Å². The summed E-state index contributed by atoms with van der Waals surface area (Å²) in [7, 11) is 0. The number of anilines is 2. The normalized spacial score (nSPS) is 25.1. The summed E-state index contributed by atoms with van der Waals surface area (Å²) in [5, 5.41) is 1.43. The third-order valence-electron chi connectivity index (χ3n) is 12.3. The van der Waals surface area contributed by atoms with E-state index in [0.717, 1.165) is 0 Å². The Morgan fingerprint density at radius 2 is 1.51 bits per heavy atom. The maximum absolute atomic E-state index is 2.84. The maximum Gasteiger partial charge on any atom is 0.333 e. The van der Waals surface area contributed by atoms with Crippen LogP contribution in [0.1, 0.15) is 75.6 Å². The fraction of sp³-hybridized carbons (Fsp3) is 0.316. The van der Waals surface area contributed by atoms with Gasteiger partial charge < -0.3 is 9.38 Å². The molecule has 2 nitrogen and oxygen atoms in total. The van der Waals surface area contributed by atoms with Crippen LogP contribution in [0.4, 0.5) is 11.4 Å². The smallest absolute Gasteiger partial charge is 0.333 e. The predicted octanol–water partition coefficient (Wildman–Crippen LogP) is 7.95. The first kappa shape index (κ1) is 22.9. The highest BCUT2D eigenvalue weighted by Gasteiger charge is 2.61. The van der Waals surface area contributed by atoms with Gasteiger partial charge in [0, 0.05) is 49.9 Å². The molecule has 2 aliphatic carbocycles. The summed E-state index contributed by atoms with van der Waals surface area (Å²) in [4.78, 5) is 2.84. The summed E-state index contributed by atoms with van der Waals surface area (Å²) in [5.41, 5.74) is 19.2. The average molecular weight is 531 g/mol. The molecule has 4 heterocycles. The molecule has 4 aromatic carbocycles. The van der Waals surface area contributed by atoms with Crippen molar-refractivity contribution in [3.8, 4) is 22.4 Å². The minimum atomic E-state index is -0.0431. The van der Waals surface area contributed by atoms with Crippen LogP contribution >= 0.6 is 0 Å². The molecule has 10 rings (SSSR count). The van der Waals surface area contributed by atoms with Crippen molar-refractivity contribution < 1.29 is 0 Å². The molecule has 3 heteroatoms. The van der Waals surface area contributed by atoms with Crippen molar-refractivity contribution in [1.82, 2.24) is 4.48 Å². The van der Waals surface area contributed by atoms with Gasteiger partial charge in [-0.15, -0.1) is 0 Å². The largest absolute Gasteiger partial charge is 0.375 e. The Kier molecular flexibility index (Phi) is 3.82. The van der Waals surface area contributed by atoms with Crippen molar-refractivity contribution in [2.24, 2.45) is 0 Å². The summed E-state index contributed by atoms with van der Waals surface area (Å²) in [6.45, 7) is 12.5. The van der Waals surface area contributed by atoms with Crippen LogP contribution in [0.15, 0.2) is 72.8 Å². The van der Waals surface area contributed by atoms with Gasteiger partial charge in [0.1, 0.15) is 0 Å². The number of aromatic nitrogens is 1. The van der Waals surface area contributed by atoms with E-state index in [1.807, 2.05) is 0 Å². The lowest BCUT2D eigenvalue weighted by atomic mass is 9.45. The quantitative estimate of drug-likeness (QED) is 0.181. The van der Waals surface area contributed by atoms with Crippen LogP contribution in [0.3, 0.4) is 0 Å². The fourth-order valence-corrected chi connectivity index (χ4v) is 10.4. The fourth-order valence-electron chi connectivity index (χ4n) is 10.4. The molecule has 0 bridgehead atoms. The Labute approximate surface area is 243 Å². The number of hydrogen-bond acceptors (Lipinski definition) is 1. The molecule has 41 heavy (non-hydrogen) atoms. The van der Waals surface area contributed by atoms with Crippen LogP contribution < -0.4 is 15.8 Å². The van der Waals surface area contributed by atoms with E-state index in [1.54, 1.807) is 5.56 Å². The molecule has 1 aromatic heterocycles. The average Bonchev–Trinajstić information content (AvgIpc) is 3.51. The van der Waals surface area contributed by atoms with Crippen LogP contribution in [0.2, 0.25) is 0 Å². The van der Waals surface area contributed by atoms with Crippen molar-refractivity contribution in [3.63, 3.8) is 0 Å². The van der Waals surface area contributed by atoms with Gasteiger partial charge in [-0.25, -0.2) is 0 Å². The highest BCUT2D eigenvalue weighted by Crippen LogP contribution is 2.62. The van der Waals surface area contributed by atoms with Gasteiger partial charge >= 0.3 is 6.85 Å². The molecule has 0 saturated heterocycles. The minimum absolute atomic E-state index is 0.0431. The minimum Gasteiger partial charge on any atom is -0.375 e. The van der Waals surface area contributed by atoms with Gasteiger partial charge in [0.05, 0.1) is 5.54 Å². The Balaban J connectivity index is 1.42. The lowest BCUT2D eigenvalue weighted by Gasteiger charge is -2.52. The summed E-state index contributed by atoms with van der Waals surface area (Å²) < 4.78 is 2.79. The van der Waals surface area contributed by atoms with Crippen molar-refractivity contribution in [2.45, 2.75) is 76.7 Å². The van der Waals surface area contributed by atoms with Gasteiger partial charge in [0.2, 0.25) is 0 Å². The molecule has 1 fully saturated rings. The predicted molar refractivity (Wildman–Crippen MR) is 173 cm³/mol. The second kappa shape index (κ2) is 6.84. The molecule has 0 amide bonds. The first-order valence-corrected chi connectivity index (χ1v) is 15.6. The zero-order chi connectivity index (χ0) is 27.6. The lowest BCUT2D eigenvalue weighted by molar-refractivity contribution is 0.195. The number of rotatable bonds is 0. The van der Waals surface area contributed by atoms with Crippen LogP contribution in [-0.2, 0) is 10.8 Å². The Morgan fingerprint density at radius 1 is 0.756 bits per heavy atom. The van der Waals surface area contributed by atoms with Gasteiger partial charge in [0.15, 0.2) is 0 Å². The number of benzene rings is 4. The summed E-state index contributed by atoms with van der Waals surface area (Å²) >= 11 is 0. The van der Waals surface area contributed by atoms with Crippen molar-refractivity contribution >= 4 is 40.1 Å². The monoisotopic (exact) mass is 530 g/mol. The van der Waals surface area contributed by atoms with Crippen molar-refractivity contribution in [3.05, 3.63) is 95.1 Å². The standard InChI is InChI=1S/C38H35BN2/c1-22-20-26-23-13-10-14-25-31-34(24-12-6-7-15-27(24)36(31,2)3)41(33(23)25)39-29-17-11-16-28-35(29)40(30(21-22)32(26)39)38(5)19-9-8-18-37(28,38)4/h6-7,10-17,20-21H,8-9,18-19H2,1-5H3. The topological polar surface area (TPSA) is 8.17 Å². The number of hydrogen-bond donors (Lipinski definition) is 0. The van der Waals surface area contributed by atoms with Crippen LogP contribution in [-0.4, -0.2) is 16.9 Å². The zero-order valence-electron chi connectivity index (χ0n) is 24.7. The maximum atomic E-state index is 2.84. The van der Waals surface area contributed by atoms with E-state index in [-0.39, 0.29) is 23.2 Å². The summed E-state index contributed by atoms with van der Waals surface area (Å²) in [6.07, 6.45) is 5.14. The van der Waals surface area contributed by atoms with E-state index in [0.29, 0.717) is 0 Å². The second-order valence-electron chi connectivity index (χ2n) is 14.5. The van der Waals surface area contributed by atoms with Crippen LogP contribution in [0.25, 0.3) is 33.3 Å². The Hall–Kier alpha value is -3.72. The number of para-hydroxylation sites is 2. The molecule has 0 N–H and O–H groups in total. The van der Waals surface area contributed by atoms with Gasteiger partial charge in [-0.05, 0) is 71.5 Å². The molecule has 0 spiro atoms. The first-order chi connectivity index (χ1) is 19.8. The Bertz CT molecular complexity index is 2050. The molecule has 5 aromatic rings. The van der Waals surface area contributed by atoms with Crippen molar-refractivity contribution in [1.29, 1.82) is 0 Å². The van der Waals surface area contributed by atoms with Gasteiger partial charge in [-0.3, -0.25) is 0 Å². The first-order valence-electron chi connectivity index (χ1n) is 15.6. The molecule has 2 unspecified atom stereocenters. The zero-order valence-corrected chi connectivity index (χ0v) is 24.7. The summed E-state index contributed by atoms with van der Waals surface area (Å²) in [6, 6.07) is 28.6. The Morgan fingerprint density at radius 3 is 2.39 bits per heavy atom. The van der Waals surface area contributed by atoms with E-state index in [1.165, 1.54) is 98.0 Å². The number of aryl methyl sites for hydroxylation is 1. The van der Waals surface area contributed by atoms with E-state index in [4.69, 9.17) is 0 Å². The number of fused-ring (bicyclic) bond motifs is 12. The van der Waals surface area contributed by atoms with Crippen molar-refractivity contribution in [2.75, 3.05) is 4.90 Å². The molecular formula is C38H35BN2. The second-order valence-corrected chi connectivity index (χ2v) is 14.5. The lowest BCUT2D eigenvalue weighted by Crippen LogP contribution is -2.62. The molecule has 2 atom stereocenters. The van der Waals surface area contributed by atoms with Gasteiger partial charge in [0.25, 0.3) is 0 Å². The highest BCUT2D eigenvalue weighted by atomic mass is 15.3. The molecule has 0 radical (unpaired) electrons. The van der Waals surface area contributed by atoms with Gasteiger partial charge in [-0.2, -0.15) is 0 Å². The summed E-state index contributed by atoms with van der Waals surface area (Å²) in [5.74, 6) is 0. The SMILES string of the molecule is Cc1cc2c3c(c1)N1c4c(cccc4C4(C)CCCCC14C)B3n1c3c(c4cccc-2c41)C(C)(C)c1ccccc1-3. The van der Waals surface area contributed by atoms with E-state index >= 15 is 0 Å². The highest BCUT2D eigenvalue weighted by molar-refractivity contribution is 6.89. The molecular weight excluding hydrogens is 495 g/mol. The number of nitrogens with zero attached hydrogens (tertiary/aromatic N) is 2. The van der Waals surface area contributed by atoms with Gasteiger partial charge in [-0.1, -0.05) is 100 Å². The third kappa shape index (κ3) is 2.26. The molecule has 200 valence electrons.